The van der Waals surface area contributed by atoms with E-state index in [1.165, 1.54) is 6.42 Å². The van der Waals surface area contributed by atoms with Crippen LogP contribution >= 0.6 is 11.6 Å². The van der Waals surface area contributed by atoms with Crippen LogP contribution in [0.25, 0.3) is 0 Å². The minimum atomic E-state index is -0.654. The molecule has 4 nitrogen and oxygen atoms in total. The summed E-state index contributed by atoms with van der Waals surface area (Å²) in [7, 11) is 0. The number of hydrogen-bond acceptors (Lipinski definition) is 2. The summed E-state index contributed by atoms with van der Waals surface area (Å²) in [5, 5.41) is 3.71. The molecule has 1 aliphatic carbocycles. The van der Waals surface area contributed by atoms with Gasteiger partial charge in [0.1, 0.15) is 6.04 Å². The molecule has 1 heterocycles. The van der Waals surface area contributed by atoms with E-state index in [9.17, 15) is 9.59 Å². The molecule has 2 aromatic rings. The van der Waals surface area contributed by atoms with Gasteiger partial charge in [0.2, 0.25) is 5.91 Å². The lowest BCUT2D eigenvalue weighted by molar-refractivity contribution is -0.123. The van der Waals surface area contributed by atoms with E-state index in [2.05, 4.69) is 5.32 Å². The normalized spacial score (nSPS) is 20.1. The molecule has 1 fully saturated rings. The van der Waals surface area contributed by atoms with Crippen LogP contribution in [0.1, 0.15) is 54.1 Å². The second-order valence-electron chi connectivity index (χ2n) is 6.99. The first-order chi connectivity index (χ1) is 12.6. The topological polar surface area (TPSA) is 49.4 Å². The Labute approximate surface area is 158 Å². The van der Waals surface area contributed by atoms with Crippen molar-refractivity contribution in [3.63, 3.8) is 0 Å². The van der Waals surface area contributed by atoms with E-state index in [1.807, 2.05) is 24.3 Å². The fourth-order valence-corrected chi connectivity index (χ4v) is 4.18. The zero-order valence-corrected chi connectivity index (χ0v) is 15.2. The Hall–Kier alpha value is -2.33. The van der Waals surface area contributed by atoms with Gasteiger partial charge in [0.05, 0.1) is 0 Å². The number of carbonyl (C=O) groups is 2. The summed E-state index contributed by atoms with van der Waals surface area (Å²) in [5.74, 6) is -0.276. The highest BCUT2D eigenvalue weighted by molar-refractivity contribution is 6.31. The first-order valence-electron chi connectivity index (χ1n) is 9.13. The number of fused-ring (bicyclic) bond motifs is 1. The summed E-state index contributed by atoms with van der Waals surface area (Å²) in [6, 6.07) is 14.0. The third-order valence-electron chi connectivity index (χ3n) is 5.25. The lowest BCUT2D eigenvalue weighted by Crippen LogP contribution is -2.44. The SMILES string of the molecule is O=C(NC1CCCCC1)C1c2ccccc2C(=O)N1c1cccc(Cl)c1. The molecule has 1 atom stereocenters. The van der Waals surface area contributed by atoms with Gasteiger partial charge in [-0.05, 0) is 42.7 Å². The van der Waals surface area contributed by atoms with Crippen molar-refractivity contribution in [2.24, 2.45) is 0 Å². The van der Waals surface area contributed by atoms with Crippen molar-refractivity contribution < 1.29 is 9.59 Å². The Morgan fingerprint density at radius 2 is 1.81 bits per heavy atom. The van der Waals surface area contributed by atoms with E-state index < -0.39 is 6.04 Å². The molecule has 1 unspecified atom stereocenters. The molecule has 2 amide bonds. The second kappa shape index (κ2) is 7.12. The molecule has 2 aliphatic rings. The summed E-state index contributed by atoms with van der Waals surface area (Å²) < 4.78 is 0. The quantitative estimate of drug-likeness (QED) is 0.867. The van der Waals surface area contributed by atoms with Crippen LogP contribution in [-0.2, 0) is 4.79 Å². The molecule has 1 saturated carbocycles. The van der Waals surface area contributed by atoms with Crippen molar-refractivity contribution >= 4 is 29.1 Å². The number of carbonyl (C=O) groups excluding carboxylic acids is 2. The molecule has 5 heteroatoms. The zero-order valence-electron chi connectivity index (χ0n) is 14.5. The Morgan fingerprint density at radius 1 is 1.04 bits per heavy atom. The summed E-state index contributed by atoms with van der Waals surface area (Å²) in [5.41, 5.74) is 1.98. The molecule has 26 heavy (non-hydrogen) atoms. The number of benzene rings is 2. The van der Waals surface area contributed by atoms with Crippen LogP contribution in [0.4, 0.5) is 5.69 Å². The summed E-state index contributed by atoms with van der Waals surface area (Å²) in [6.07, 6.45) is 5.52. The largest absolute Gasteiger partial charge is 0.351 e. The lowest BCUT2D eigenvalue weighted by atomic mass is 9.95. The molecular formula is C21H21ClN2O2. The van der Waals surface area contributed by atoms with Crippen molar-refractivity contribution in [1.82, 2.24) is 5.32 Å². The third kappa shape index (κ3) is 3.10. The van der Waals surface area contributed by atoms with Gasteiger partial charge < -0.3 is 5.32 Å². The van der Waals surface area contributed by atoms with Crippen LogP contribution in [0.3, 0.4) is 0 Å². The highest BCUT2D eigenvalue weighted by Crippen LogP contribution is 2.38. The Morgan fingerprint density at radius 3 is 2.58 bits per heavy atom. The highest BCUT2D eigenvalue weighted by atomic mass is 35.5. The van der Waals surface area contributed by atoms with Crippen LogP contribution in [0.5, 0.6) is 0 Å². The van der Waals surface area contributed by atoms with Crippen LogP contribution in [0.15, 0.2) is 48.5 Å². The monoisotopic (exact) mass is 368 g/mol. The van der Waals surface area contributed by atoms with Crippen molar-refractivity contribution in [2.75, 3.05) is 4.90 Å². The van der Waals surface area contributed by atoms with Crippen LogP contribution in [0, 0.1) is 0 Å². The van der Waals surface area contributed by atoms with Gasteiger partial charge in [0.15, 0.2) is 0 Å². The van der Waals surface area contributed by atoms with Crippen molar-refractivity contribution in [3.8, 4) is 0 Å². The van der Waals surface area contributed by atoms with E-state index in [-0.39, 0.29) is 17.9 Å². The summed E-state index contributed by atoms with van der Waals surface area (Å²) in [6.45, 7) is 0. The van der Waals surface area contributed by atoms with Crippen LogP contribution in [-0.4, -0.2) is 17.9 Å². The van der Waals surface area contributed by atoms with Gasteiger partial charge in [-0.25, -0.2) is 0 Å². The molecule has 0 saturated heterocycles. The van der Waals surface area contributed by atoms with Crippen LogP contribution < -0.4 is 10.2 Å². The van der Waals surface area contributed by atoms with Gasteiger partial charge in [-0.1, -0.05) is 55.1 Å². The molecular weight excluding hydrogens is 348 g/mol. The van der Waals surface area contributed by atoms with Crippen molar-refractivity contribution in [3.05, 3.63) is 64.7 Å². The van der Waals surface area contributed by atoms with E-state index in [4.69, 9.17) is 11.6 Å². The Bertz CT molecular complexity index is 845. The smallest absolute Gasteiger partial charge is 0.259 e. The number of halogens is 1. The molecule has 0 spiro atoms. The number of rotatable bonds is 3. The van der Waals surface area contributed by atoms with Crippen molar-refractivity contribution in [1.29, 1.82) is 0 Å². The maximum absolute atomic E-state index is 13.2. The van der Waals surface area contributed by atoms with E-state index >= 15 is 0 Å². The number of amides is 2. The molecule has 0 bridgehead atoms. The van der Waals surface area contributed by atoms with Gasteiger partial charge in [0, 0.05) is 22.3 Å². The Kier molecular flexibility index (Phi) is 4.68. The van der Waals surface area contributed by atoms with Crippen LogP contribution in [0.2, 0.25) is 5.02 Å². The average Bonchev–Trinajstić information content (AvgIpc) is 2.96. The first-order valence-corrected chi connectivity index (χ1v) is 9.51. The summed E-state index contributed by atoms with van der Waals surface area (Å²) in [4.78, 5) is 27.7. The minimum absolute atomic E-state index is 0.116. The predicted molar refractivity (Wildman–Crippen MR) is 102 cm³/mol. The van der Waals surface area contributed by atoms with Gasteiger partial charge >= 0.3 is 0 Å². The first kappa shape index (κ1) is 17.1. The maximum atomic E-state index is 13.2. The van der Waals surface area contributed by atoms with E-state index in [0.29, 0.717) is 16.3 Å². The van der Waals surface area contributed by atoms with E-state index in [1.54, 1.807) is 29.2 Å². The number of hydrogen-bond donors (Lipinski definition) is 1. The number of nitrogens with zero attached hydrogens (tertiary/aromatic N) is 1. The molecule has 1 N–H and O–H groups in total. The van der Waals surface area contributed by atoms with Gasteiger partial charge in [-0.15, -0.1) is 0 Å². The summed E-state index contributed by atoms with van der Waals surface area (Å²) >= 11 is 6.13. The van der Waals surface area contributed by atoms with E-state index in [0.717, 1.165) is 31.2 Å². The average molecular weight is 369 g/mol. The van der Waals surface area contributed by atoms with Gasteiger partial charge in [-0.2, -0.15) is 0 Å². The molecule has 134 valence electrons. The third-order valence-corrected chi connectivity index (χ3v) is 5.48. The molecule has 1 aliphatic heterocycles. The lowest BCUT2D eigenvalue weighted by Gasteiger charge is -2.28. The van der Waals surface area contributed by atoms with Gasteiger partial charge in [0.25, 0.3) is 5.91 Å². The van der Waals surface area contributed by atoms with Gasteiger partial charge in [-0.3, -0.25) is 14.5 Å². The predicted octanol–water partition coefficient (Wildman–Crippen LogP) is 4.49. The maximum Gasteiger partial charge on any atom is 0.259 e. The minimum Gasteiger partial charge on any atom is -0.351 e. The number of nitrogens with one attached hydrogen (secondary N) is 1. The fourth-order valence-electron chi connectivity index (χ4n) is 3.99. The van der Waals surface area contributed by atoms with Crippen molar-refractivity contribution in [2.45, 2.75) is 44.2 Å². The number of anilines is 1. The standard InChI is InChI=1S/C21H21ClN2O2/c22-14-7-6-10-16(13-14)24-19(17-11-4-5-12-18(17)21(24)26)20(25)23-15-8-2-1-3-9-15/h4-7,10-13,15,19H,1-3,8-9H2,(H,23,25). The molecule has 0 aromatic heterocycles. The molecule has 4 rings (SSSR count). The Balaban J connectivity index is 1.70. The fraction of sp³-hybridized carbons (Fsp3) is 0.333. The molecule has 2 aromatic carbocycles. The highest BCUT2D eigenvalue weighted by Gasteiger charge is 2.42. The molecule has 0 radical (unpaired) electrons. The second-order valence-corrected chi connectivity index (χ2v) is 7.42. The zero-order chi connectivity index (χ0) is 18.1.